The Balaban J connectivity index is 0.000000280. The van der Waals surface area contributed by atoms with Gasteiger partial charge in [0.1, 0.15) is 0 Å². The Kier molecular flexibility index (Phi) is 17.1. The van der Waals surface area contributed by atoms with Gasteiger partial charge in [-0.2, -0.15) is 0 Å². The molecule has 6 nitrogen and oxygen atoms in total. The molecular formula is C40H41BrO6. The lowest BCUT2D eigenvalue weighted by Gasteiger charge is -2.04. The van der Waals surface area contributed by atoms with Gasteiger partial charge in [-0.25, -0.2) is 9.59 Å². The van der Waals surface area contributed by atoms with Crippen LogP contribution < -0.4 is 0 Å². The molecule has 7 heteroatoms. The summed E-state index contributed by atoms with van der Waals surface area (Å²) in [5.74, 6) is -0.537. The Morgan fingerprint density at radius 3 is 1.62 bits per heavy atom. The minimum absolute atomic E-state index is 0.0574. The van der Waals surface area contributed by atoms with Crippen LogP contribution >= 0.6 is 15.9 Å². The molecule has 0 N–H and O–H groups in total. The van der Waals surface area contributed by atoms with Crippen molar-refractivity contribution >= 4 is 45.5 Å². The predicted molar refractivity (Wildman–Crippen MR) is 192 cm³/mol. The summed E-state index contributed by atoms with van der Waals surface area (Å²) in [6.45, 7) is 11.5. The van der Waals surface area contributed by atoms with Crippen molar-refractivity contribution in [1.29, 1.82) is 0 Å². The first-order valence-electron chi connectivity index (χ1n) is 15.2. The fraction of sp³-hybridized carbons (Fsp3) is 0.200. The van der Waals surface area contributed by atoms with Crippen LogP contribution in [0.4, 0.5) is 0 Å². The summed E-state index contributed by atoms with van der Waals surface area (Å²) in [4.78, 5) is 45.9. The van der Waals surface area contributed by atoms with Gasteiger partial charge < -0.3 is 9.47 Å². The van der Waals surface area contributed by atoms with Crippen molar-refractivity contribution in [3.63, 3.8) is 0 Å². The van der Waals surface area contributed by atoms with Gasteiger partial charge in [0, 0.05) is 40.6 Å². The summed E-state index contributed by atoms with van der Waals surface area (Å²) in [6.07, 6.45) is 4.99. The first-order valence-corrected chi connectivity index (χ1v) is 16.0. The number of ketones is 2. The maximum atomic E-state index is 12.4. The van der Waals surface area contributed by atoms with Gasteiger partial charge in [-0.05, 0) is 68.7 Å². The van der Waals surface area contributed by atoms with Crippen LogP contribution in [0, 0.1) is 13.8 Å². The number of ether oxygens (including phenoxy) is 2. The van der Waals surface area contributed by atoms with E-state index in [4.69, 9.17) is 4.74 Å². The van der Waals surface area contributed by atoms with Crippen LogP contribution in [0.25, 0.3) is 6.08 Å². The molecule has 47 heavy (non-hydrogen) atoms. The van der Waals surface area contributed by atoms with Crippen molar-refractivity contribution < 1.29 is 28.7 Å². The molecule has 4 rings (SSSR count). The molecule has 4 aromatic rings. The lowest BCUT2D eigenvalue weighted by molar-refractivity contribution is -0.138. The molecule has 244 valence electrons. The molecule has 0 unspecified atom stereocenters. The summed E-state index contributed by atoms with van der Waals surface area (Å²) in [5.41, 5.74) is 6.58. The SMILES string of the molecule is C=CC(=O)OCC.CCOC(=O)/C=C/c1cccc(C(=O)Cc2cccc(C)c2)c1.Cc1cccc(CC(=O)c2cccc(Br)c2)c1. The Morgan fingerprint density at radius 1 is 0.660 bits per heavy atom. The normalized spacial score (nSPS) is 10.1. The molecule has 0 aliphatic heterocycles. The quantitative estimate of drug-likeness (QED) is 0.0884. The number of hydrogen-bond donors (Lipinski definition) is 0. The number of benzene rings is 4. The number of aryl methyl sites for hydroxylation is 2. The maximum Gasteiger partial charge on any atom is 0.330 e. The van der Waals surface area contributed by atoms with Gasteiger partial charge in [0.2, 0.25) is 0 Å². The molecule has 0 fully saturated rings. The smallest absolute Gasteiger partial charge is 0.330 e. The molecule has 0 aliphatic rings. The first kappa shape index (κ1) is 38.3. The third-order valence-electron chi connectivity index (χ3n) is 6.40. The number of esters is 2. The van der Waals surface area contributed by atoms with Gasteiger partial charge in [-0.3, -0.25) is 9.59 Å². The third kappa shape index (κ3) is 15.3. The van der Waals surface area contributed by atoms with Gasteiger partial charge in [-0.1, -0.05) is 112 Å². The van der Waals surface area contributed by atoms with Crippen molar-refractivity contribution in [3.8, 4) is 0 Å². The highest BCUT2D eigenvalue weighted by Gasteiger charge is 2.09. The van der Waals surface area contributed by atoms with E-state index < -0.39 is 0 Å². The lowest BCUT2D eigenvalue weighted by atomic mass is 10.00. The average Bonchev–Trinajstić information content (AvgIpc) is 3.05. The highest BCUT2D eigenvalue weighted by atomic mass is 79.9. The van der Waals surface area contributed by atoms with E-state index in [2.05, 4.69) is 33.3 Å². The average molecular weight is 698 g/mol. The number of carbonyl (C=O) groups excluding carboxylic acids is 4. The minimum Gasteiger partial charge on any atom is -0.463 e. The summed E-state index contributed by atoms with van der Waals surface area (Å²) in [7, 11) is 0. The van der Waals surface area contributed by atoms with Gasteiger partial charge in [0.15, 0.2) is 11.6 Å². The monoisotopic (exact) mass is 696 g/mol. The third-order valence-corrected chi connectivity index (χ3v) is 6.89. The standard InChI is InChI=1S/C20H20O3.C15H13BrO.C5H8O2/c1-3-23-20(22)11-10-16-7-5-9-18(13-16)19(21)14-17-8-4-6-15(2)12-17;1-11-4-2-5-12(8-11)9-15(17)13-6-3-7-14(16)10-13;1-3-5(6)7-4-2/h4-13H,3,14H2,1-2H3;2-8,10H,9H2,1H3;3H,1,4H2,2H3/b11-10+;;. The number of carbonyl (C=O) groups is 4. The molecule has 0 aliphatic carbocycles. The van der Waals surface area contributed by atoms with Crippen molar-refractivity contribution in [2.75, 3.05) is 13.2 Å². The molecule has 0 spiro atoms. The second-order valence-corrected chi connectivity index (χ2v) is 11.3. The van der Waals surface area contributed by atoms with Gasteiger partial charge in [0.05, 0.1) is 13.2 Å². The van der Waals surface area contributed by atoms with Crippen LogP contribution in [-0.4, -0.2) is 36.7 Å². The van der Waals surface area contributed by atoms with Crippen molar-refractivity contribution in [2.24, 2.45) is 0 Å². The van der Waals surface area contributed by atoms with Crippen LogP contribution in [0.1, 0.15) is 62.4 Å². The van der Waals surface area contributed by atoms with Gasteiger partial charge in [-0.15, -0.1) is 0 Å². The molecule has 0 saturated carbocycles. The molecule has 0 heterocycles. The number of halogens is 1. The van der Waals surface area contributed by atoms with E-state index in [0.717, 1.165) is 38.4 Å². The summed E-state index contributed by atoms with van der Waals surface area (Å²) in [5, 5.41) is 0. The van der Waals surface area contributed by atoms with Crippen molar-refractivity contribution in [3.05, 3.63) is 159 Å². The zero-order valence-corrected chi connectivity index (χ0v) is 28.9. The van der Waals surface area contributed by atoms with E-state index in [1.54, 1.807) is 32.1 Å². The molecule has 4 aromatic carbocycles. The summed E-state index contributed by atoms with van der Waals surface area (Å²) >= 11 is 3.38. The summed E-state index contributed by atoms with van der Waals surface area (Å²) in [6, 6.07) is 30.7. The molecule has 0 radical (unpaired) electrons. The van der Waals surface area contributed by atoms with E-state index in [1.807, 2.05) is 92.7 Å². The molecule has 0 saturated heterocycles. The minimum atomic E-state index is -0.385. The molecule has 0 atom stereocenters. The Bertz CT molecular complexity index is 1690. The summed E-state index contributed by atoms with van der Waals surface area (Å²) < 4.78 is 10.2. The second kappa shape index (κ2) is 21.0. The second-order valence-electron chi connectivity index (χ2n) is 10.4. The molecule has 0 bridgehead atoms. The zero-order chi connectivity index (χ0) is 34.6. The van der Waals surface area contributed by atoms with Gasteiger partial charge >= 0.3 is 11.9 Å². The number of Topliss-reactive ketones (excluding diaryl/α,β-unsaturated/α-hetero) is 2. The van der Waals surface area contributed by atoms with E-state index in [0.29, 0.717) is 31.6 Å². The predicted octanol–water partition coefficient (Wildman–Crippen LogP) is 8.92. The number of hydrogen-bond acceptors (Lipinski definition) is 6. The van der Waals surface area contributed by atoms with E-state index in [9.17, 15) is 19.2 Å². The van der Waals surface area contributed by atoms with E-state index in [1.165, 1.54) is 11.6 Å². The lowest BCUT2D eigenvalue weighted by Crippen LogP contribution is -2.04. The Labute approximate surface area is 286 Å². The first-order chi connectivity index (χ1) is 22.5. The van der Waals surface area contributed by atoms with Crippen LogP contribution in [0.2, 0.25) is 0 Å². The van der Waals surface area contributed by atoms with Gasteiger partial charge in [0.25, 0.3) is 0 Å². The van der Waals surface area contributed by atoms with Crippen molar-refractivity contribution in [2.45, 2.75) is 40.5 Å². The highest BCUT2D eigenvalue weighted by molar-refractivity contribution is 9.10. The fourth-order valence-electron chi connectivity index (χ4n) is 4.25. The maximum absolute atomic E-state index is 12.4. The highest BCUT2D eigenvalue weighted by Crippen LogP contribution is 2.15. The van der Waals surface area contributed by atoms with Crippen LogP contribution in [0.3, 0.4) is 0 Å². The Hall–Kier alpha value is -4.88. The molecular weight excluding hydrogens is 656 g/mol. The van der Waals surface area contributed by atoms with Crippen LogP contribution in [0.5, 0.6) is 0 Å². The zero-order valence-electron chi connectivity index (χ0n) is 27.3. The largest absolute Gasteiger partial charge is 0.463 e. The Morgan fingerprint density at radius 2 is 1.15 bits per heavy atom. The van der Waals surface area contributed by atoms with Crippen LogP contribution in [0.15, 0.2) is 120 Å². The molecule has 0 aromatic heterocycles. The van der Waals surface area contributed by atoms with Crippen molar-refractivity contribution in [1.82, 2.24) is 0 Å². The van der Waals surface area contributed by atoms with E-state index >= 15 is 0 Å². The van der Waals surface area contributed by atoms with E-state index in [-0.39, 0.29) is 23.5 Å². The molecule has 0 amide bonds. The topological polar surface area (TPSA) is 86.7 Å². The number of rotatable bonds is 11. The fourth-order valence-corrected chi connectivity index (χ4v) is 4.65. The van der Waals surface area contributed by atoms with Crippen LogP contribution in [-0.2, 0) is 31.9 Å².